The summed E-state index contributed by atoms with van der Waals surface area (Å²) in [7, 11) is 0. The van der Waals surface area contributed by atoms with Gasteiger partial charge < -0.3 is 39.4 Å². The second kappa shape index (κ2) is 33.5. The van der Waals surface area contributed by atoms with Crippen molar-refractivity contribution in [3.63, 3.8) is 0 Å². The first kappa shape index (κ1) is 48.0. The van der Waals surface area contributed by atoms with Gasteiger partial charge in [0.1, 0.15) is 31.0 Å². The van der Waals surface area contributed by atoms with Crippen molar-refractivity contribution in [2.45, 2.75) is 205 Å². The lowest BCUT2D eigenvalue weighted by Crippen LogP contribution is -2.59. The summed E-state index contributed by atoms with van der Waals surface area (Å²) in [5.74, 6) is -0.839. The average Bonchev–Trinajstić information content (AvgIpc) is 3.14. The Kier molecular flexibility index (Phi) is 30.9. The van der Waals surface area contributed by atoms with Crippen LogP contribution in [-0.4, -0.2) is 89.0 Å². The van der Waals surface area contributed by atoms with Crippen LogP contribution in [0.25, 0.3) is 0 Å². The molecule has 1 fully saturated rings. The van der Waals surface area contributed by atoms with E-state index in [0.717, 1.165) is 77.0 Å². The van der Waals surface area contributed by atoms with Gasteiger partial charge in [0.2, 0.25) is 0 Å². The van der Waals surface area contributed by atoms with E-state index in [1.54, 1.807) is 0 Å². The van der Waals surface area contributed by atoms with Crippen molar-refractivity contribution in [1.29, 1.82) is 0 Å². The summed E-state index contributed by atoms with van der Waals surface area (Å²) < 4.78 is 22.1. The average molecular weight is 739 g/mol. The molecule has 0 aromatic rings. The predicted octanol–water partition coefficient (Wildman–Crippen LogP) is 7.93. The Morgan fingerprint density at radius 2 is 1.13 bits per heavy atom. The minimum absolute atomic E-state index is 0.208. The molecule has 0 radical (unpaired) electrons. The standard InChI is InChI=1S/C42H74O10/c1-3-5-7-9-11-13-15-17-18-19-21-23-25-27-29-31-38(45)51-35(34-50-42-41(48)40(47)39(46)36(32-43)52-42)33-49-37(44)30-28-26-24-22-20-16-14-12-10-8-6-4-2/h12,14-15,18,35-36,39-43,46-48H,3-11,13,16,19-34H2,1-2H3/b14-12+/t17?,35-,36-,39+,40?,41?,42-/m1/s1. The molecular formula is C42H74O10. The zero-order chi connectivity index (χ0) is 38.1. The zero-order valence-corrected chi connectivity index (χ0v) is 32.6. The summed E-state index contributed by atoms with van der Waals surface area (Å²) in [6.07, 6.45) is 25.3. The van der Waals surface area contributed by atoms with Gasteiger partial charge in [-0.25, -0.2) is 0 Å². The number of aliphatic hydroxyl groups excluding tert-OH is 4. The molecule has 1 aliphatic heterocycles. The third kappa shape index (κ3) is 25.1. The monoisotopic (exact) mass is 739 g/mol. The molecule has 1 aliphatic rings. The van der Waals surface area contributed by atoms with Gasteiger partial charge in [0.05, 0.1) is 13.2 Å². The first-order chi connectivity index (χ1) is 25.3. The lowest BCUT2D eigenvalue weighted by Gasteiger charge is -2.39. The van der Waals surface area contributed by atoms with E-state index >= 15 is 0 Å². The van der Waals surface area contributed by atoms with E-state index in [2.05, 4.69) is 43.9 Å². The molecule has 1 rings (SSSR count). The third-order valence-corrected chi connectivity index (χ3v) is 9.33. The first-order valence-corrected chi connectivity index (χ1v) is 20.7. The molecule has 0 bridgehead atoms. The Hall–Kier alpha value is -2.04. The summed E-state index contributed by atoms with van der Waals surface area (Å²) in [4.78, 5) is 25.2. The Labute approximate surface area is 315 Å². The quantitative estimate of drug-likeness (QED) is 0.0226. The van der Waals surface area contributed by atoms with Crippen LogP contribution in [0.1, 0.15) is 168 Å². The highest BCUT2D eigenvalue weighted by atomic mass is 16.7. The number of ether oxygens (including phenoxy) is 4. The number of carbonyl (C=O) groups is 2. The normalized spacial score (nSPS) is 20.8. The van der Waals surface area contributed by atoms with Crippen LogP contribution in [0.15, 0.2) is 30.0 Å². The number of rotatable bonds is 33. The van der Waals surface area contributed by atoms with E-state index in [0.29, 0.717) is 12.8 Å². The molecule has 4 N–H and O–H groups in total. The molecule has 0 aliphatic carbocycles. The minimum Gasteiger partial charge on any atom is -0.462 e. The fourth-order valence-electron chi connectivity index (χ4n) is 5.98. The molecule has 10 nitrogen and oxygen atoms in total. The molecule has 0 aromatic heterocycles. The molecule has 1 heterocycles. The van der Waals surface area contributed by atoms with Crippen molar-refractivity contribution < 1.29 is 49.0 Å². The van der Waals surface area contributed by atoms with Crippen molar-refractivity contribution in [2.24, 2.45) is 0 Å². The minimum atomic E-state index is -1.60. The topological polar surface area (TPSA) is 152 Å². The van der Waals surface area contributed by atoms with Crippen LogP contribution < -0.4 is 0 Å². The Morgan fingerprint density at radius 3 is 1.73 bits per heavy atom. The van der Waals surface area contributed by atoms with E-state index in [1.807, 2.05) is 0 Å². The molecule has 2 unspecified atom stereocenters. The maximum absolute atomic E-state index is 12.7. The van der Waals surface area contributed by atoms with Gasteiger partial charge in [0.15, 0.2) is 12.4 Å². The second-order valence-electron chi connectivity index (χ2n) is 14.2. The Bertz CT molecular complexity index is 960. The third-order valence-electron chi connectivity index (χ3n) is 9.33. The van der Waals surface area contributed by atoms with Crippen molar-refractivity contribution in [3.05, 3.63) is 30.0 Å². The smallest absolute Gasteiger partial charge is 0.306 e. The lowest BCUT2D eigenvalue weighted by molar-refractivity contribution is -0.305. The van der Waals surface area contributed by atoms with Crippen molar-refractivity contribution in [3.8, 4) is 0 Å². The summed E-state index contributed by atoms with van der Waals surface area (Å²) >= 11 is 0. The number of esters is 2. The van der Waals surface area contributed by atoms with Crippen LogP contribution in [-0.2, 0) is 28.5 Å². The van der Waals surface area contributed by atoms with Crippen molar-refractivity contribution >= 4 is 11.9 Å². The highest BCUT2D eigenvalue weighted by Gasteiger charge is 2.44. The first-order valence-electron chi connectivity index (χ1n) is 20.7. The van der Waals surface area contributed by atoms with Gasteiger partial charge in [-0.3, -0.25) is 9.59 Å². The largest absolute Gasteiger partial charge is 0.462 e. The summed E-state index contributed by atoms with van der Waals surface area (Å²) in [5, 5.41) is 39.9. The van der Waals surface area contributed by atoms with Gasteiger partial charge >= 0.3 is 11.9 Å². The molecule has 6 atom stereocenters. The molecule has 0 aromatic carbocycles. The van der Waals surface area contributed by atoms with Crippen LogP contribution in [0, 0.1) is 0 Å². The summed E-state index contributed by atoms with van der Waals surface area (Å²) in [6.45, 7) is 3.34. The van der Waals surface area contributed by atoms with Gasteiger partial charge in [-0.2, -0.15) is 0 Å². The summed E-state index contributed by atoms with van der Waals surface area (Å²) in [6, 6.07) is 0. The van der Waals surface area contributed by atoms with Crippen LogP contribution in [0.3, 0.4) is 0 Å². The van der Waals surface area contributed by atoms with E-state index < -0.39 is 55.4 Å². The highest BCUT2D eigenvalue weighted by Crippen LogP contribution is 2.22. The Morgan fingerprint density at radius 1 is 0.635 bits per heavy atom. The Balaban J connectivity index is 2.40. The predicted molar refractivity (Wildman–Crippen MR) is 205 cm³/mol. The van der Waals surface area contributed by atoms with E-state index in [9.17, 15) is 30.0 Å². The van der Waals surface area contributed by atoms with E-state index in [4.69, 9.17) is 18.9 Å². The molecule has 52 heavy (non-hydrogen) atoms. The van der Waals surface area contributed by atoms with Crippen LogP contribution in [0.2, 0.25) is 0 Å². The van der Waals surface area contributed by atoms with Gasteiger partial charge in [-0.1, -0.05) is 103 Å². The number of allylic oxidation sites excluding steroid dienone is 3. The second-order valence-corrected chi connectivity index (χ2v) is 14.2. The van der Waals surface area contributed by atoms with Gasteiger partial charge in [0.25, 0.3) is 0 Å². The van der Waals surface area contributed by atoms with Crippen molar-refractivity contribution in [1.82, 2.24) is 0 Å². The number of hydrogen-bond acceptors (Lipinski definition) is 10. The van der Waals surface area contributed by atoms with Gasteiger partial charge in [0, 0.05) is 12.8 Å². The maximum atomic E-state index is 12.7. The van der Waals surface area contributed by atoms with Crippen LogP contribution in [0.5, 0.6) is 0 Å². The summed E-state index contributed by atoms with van der Waals surface area (Å²) in [5.41, 5.74) is 3.29. The molecule has 1 saturated heterocycles. The van der Waals surface area contributed by atoms with E-state index in [1.165, 1.54) is 51.4 Å². The molecule has 0 amide bonds. The number of aliphatic hydroxyl groups is 4. The molecular weight excluding hydrogens is 664 g/mol. The van der Waals surface area contributed by atoms with Gasteiger partial charge in [-0.05, 0) is 76.4 Å². The van der Waals surface area contributed by atoms with Crippen molar-refractivity contribution in [2.75, 3.05) is 19.8 Å². The SMILES string of the molecule is CCCCC/C=C/CCCCCCCC(=O)OC[C@H](CO[C@@H]1O[C@H](CO)[C@H](O)C(O)C1O)OC(=O)CCCCCCCC=C=CCCCCCCC. The zero-order valence-electron chi connectivity index (χ0n) is 32.6. The molecule has 302 valence electrons. The number of unbranched alkanes of at least 4 members (excludes halogenated alkanes) is 18. The maximum Gasteiger partial charge on any atom is 0.306 e. The van der Waals surface area contributed by atoms with Gasteiger partial charge in [-0.15, -0.1) is 5.73 Å². The fourth-order valence-corrected chi connectivity index (χ4v) is 5.98. The van der Waals surface area contributed by atoms with Crippen LogP contribution in [0.4, 0.5) is 0 Å². The number of carbonyl (C=O) groups excluding carboxylic acids is 2. The fraction of sp³-hybridized carbons (Fsp3) is 0.833. The molecule has 0 spiro atoms. The van der Waals surface area contributed by atoms with E-state index in [-0.39, 0.29) is 26.1 Å². The molecule has 10 heteroatoms. The number of hydrogen-bond donors (Lipinski definition) is 4. The lowest BCUT2D eigenvalue weighted by atomic mass is 9.99. The highest BCUT2D eigenvalue weighted by molar-refractivity contribution is 5.70. The molecule has 0 saturated carbocycles. The van der Waals surface area contributed by atoms with Crippen LogP contribution >= 0.6 is 0 Å².